The Bertz CT molecular complexity index is 1440. The summed E-state index contributed by atoms with van der Waals surface area (Å²) in [7, 11) is 1.54. The highest BCUT2D eigenvalue weighted by molar-refractivity contribution is 8.00. The fourth-order valence-electron chi connectivity index (χ4n) is 3.78. The third-order valence-electron chi connectivity index (χ3n) is 5.67. The molecule has 8 nitrogen and oxygen atoms in total. The lowest BCUT2D eigenvalue weighted by molar-refractivity contribution is -0.118. The Kier molecular flexibility index (Phi) is 5.94. The van der Waals surface area contributed by atoms with E-state index < -0.39 is 17.9 Å². The van der Waals surface area contributed by atoms with Gasteiger partial charge in [0.1, 0.15) is 22.3 Å². The van der Waals surface area contributed by atoms with Crippen LogP contribution in [-0.4, -0.2) is 51.0 Å². The smallest absolute Gasteiger partial charge is 0.232 e. The Morgan fingerprint density at radius 3 is 2.82 bits per heavy atom. The van der Waals surface area contributed by atoms with Crippen molar-refractivity contribution in [2.24, 2.45) is 5.92 Å². The van der Waals surface area contributed by atoms with Gasteiger partial charge in [0, 0.05) is 18.0 Å². The first-order valence-electron chi connectivity index (χ1n) is 10.6. The topological polar surface area (TPSA) is 113 Å². The average Bonchev–Trinajstić information content (AvgIpc) is 3.20. The maximum Gasteiger partial charge on any atom is 0.232 e. The van der Waals surface area contributed by atoms with Crippen LogP contribution in [0.1, 0.15) is 18.9 Å². The van der Waals surface area contributed by atoms with Crippen molar-refractivity contribution in [1.82, 2.24) is 25.5 Å². The fourth-order valence-corrected chi connectivity index (χ4v) is 5.59. The summed E-state index contributed by atoms with van der Waals surface area (Å²) in [5.41, 5.74) is 2.72. The second-order valence-corrected chi connectivity index (χ2v) is 9.82. The highest BCUT2D eigenvalue weighted by atomic mass is 32.2. The van der Waals surface area contributed by atoms with Crippen molar-refractivity contribution in [3.05, 3.63) is 29.7 Å². The first kappa shape index (κ1) is 22.7. The molecule has 0 radical (unpaired) electrons. The number of halogens is 2. The number of nitrogens with zero attached hydrogens (tertiary/aromatic N) is 3. The summed E-state index contributed by atoms with van der Waals surface area (Å²) in [5, 5.41) is 13.2. The van der Waals surface area contributed by atoms with Crippen LogP contribution >= 0.6 is 23.1 Å². The van der Waals surface area contributed by atoms with Crippen LogP contribution in [0.2, 0.25) is 0 Å². The third kappa shape index (κ3) is 4.00. The molecular formula is C22H20F2N6O2S2. The molecule has 3 N–H and O–H groups in total. The molecule has 2 amide bonds. The van der Waals surface area contributed by atoms with Crippen molar-refractivity contribution in [3.8, 4) is 11.3 Å². The molecule has 2 atom stereocenters. The number of hydrogen-bond acceptors (Lipinski definition) is 7. The number of amides is 2. The molecule has 0 unspecified atom stereocenters. The zero-order chi connectivity index (χ0) is 24.0. The second kappa shape index (κ2) is 8.91. The number of carbonyl (C=O) groups excluding carboxylic acids is 2. The average molecular weight is 503 g/mol. The monoisotopic (exact) mass is 502 g/mol. The Balaban J connectivity index is 1.55. The van der Waals surface area contributed by atoms with Gasteiger partial charge < -0.3 is 10.6 Å². The van der Waals surface area contributed by atoms with Crippen molar-refractivity contribution in [3.63, 3.8) is 0 Å². The van der Waals surface area contributed by atoms with Crippen molar-refractivity contribution in [2.75, 3.05) is 18.1 Å². The minimum Gasteiger partial charge on any atom is -0.358 e. The SMILES string of the molecule is CCc1c(F)c(SCC(=O)NC)c2[nH]ncc2c1-c1ccc2nc(NC(=O)[C@@H]3C[C@@H]3F)sc2n1. The predicted octanol–water partition coefficient (Wildman–Crippen LogP) is 4.07. The zero-order valence-electron chi connectivity index (χ0n) is 18.2. The van der Waals surface area contributed by atoms with Crippen LogP contribution in [0.25, 0.3) is 32.5 Å². The minimum atomic E-state index is -1.09. The highest BCUT2D eigenvalue weighted by Crippen LogP contribution is 2.41. The molecule has 4 aromatic rings. The van der Waals surface area contributed by atoms with E-state index in [9.17, 15) is 14.0 Å². The molecule has 5 rings (SSSR count). The van der Waals surface area contributed by atoms with Gasteiger partial charge in [-0.3, -0.25) is 14.7 Å². The van der Waals surface area contributed by atoms with Crippen LogP contribution in [0.3, 0.4) is 0 Å². The molecule has 1 saturated carbocycles. The van der Waals surface area contributed by atoms with Gasteiger partial charge in [0.2, 0.25) is 11.8 Å². The predicted molar refractivity (Wildman–Crippen MR) is 128 cm³/mol. The van der Waals surface area contributed by atoms with Crippen LogP contribution in [0, 0.1) is 11.7 Å². The van der Waals surface area contributed by atoms with E-state index in [0.29, 0.717) is 54.5 Å². The highest BCUT2D eigenvalue weighted by Gasteiger charge is 2.43. The molecule has 1 fully saturated rings. The Hall–Kier alpha value is -3.12. The molecule has 0 saturated heterocycles. The van der Waals surface area contributed by atoms with E-state index in [0.717, 1.165) is 11.8 Å². The van der Waals surface area contributed by atoms with Gasteiger partial charge in [-0.15, -0.1) is 11.8 Å². The number of thioether (sulfide) groups is 1. The summed E-state index contributed by atoms with van der Waals surface area (Å²) in [6.45, 7) is 1.86. The van der Waals surface area contributed by atoms with Crippen LogP contribution in [0.15, 0.2) is 23.2 Å². The van der Waals surface area contributed by atoms with Gasteiger partial charge in [-0.25, -0.2) is 18.7 Å². The Labute approximate surface area is 200 Å². The van der Waals surface area contributed by atoms with Gasteiger partial charge in [-0.05, 0) is 30.5 Å². The van der Waals surface area contributed by atoms with E-state index in [1.54, 1.807) is 18.3 Å². The number of alkyl halides is 1. The van der Waals surface area contributed by atoms with Gasteiger partial charge in [0.05, 0.1) is 34.0 Å². The van der Waals surface area contributed by atoms with E-state index in [1.165, 1.54) is 18.4 Å². The Morgan fingerprint density at radius 2 is 2.12 bits per heavy atom. The number of nitrogens with one attached hydrogen (secondary N) is 3. The summed E-state index contributed by atoms with van der Waals surface area (Å²) in [4.78, 5) is 33.7. The zero-order valence-corrected chi connectivity index (χ0v) is 19.9. The number of fused-ring (bicyclic) bond motifs is 2. The number of hydrogen-bond donors (Lipinski definition) is 3. The number of thiazole rings is 1. The standard InChI is InChI=1S/C22H20F2N6O2S2/c1-3-9-16(11-7-26-30-18(11)19(17(9)24)33-8-15(31)25-2)13-4-5-14-21(27-13)34-22(28-14)29-20(32)10-6-12(10)23/h4-5,7,10,12H,3,6,8H2,1-2H3,(H,25,31)(H,26,30)(H,28,29,32)/t10-,12+/m1/s1. The summed E-state index contributed by atoms with van der Waals surface area (Å²) in [5.74, 6) is -1.53. The van der Waals surface area contributed by atoms with Gasteiger partial charge >= 0.3 is 0 Å². The fraction of sp³-hybridized carbons (Fsp3) is 0.318. The summed E-state index contributed by atoms with van der Waals surface area (Å²) < 4.78 is 28.8. The normalized spacial score (nSPS) is 17.3. The molecule has 1 aromatic carbocycles. The maximum atomic E-state index is 15.6. The number of anilines is 1. The molecule has 176 valence electrons. The Morgan fingerprint density at radius 1 is 1.32 bits per heavy atom. The molecule has 34 heavy (non-hydrogen) atoms. The molecule has 0 aliphatic heterocycles. The molecular weight excluding hydrogens is 482 g/mol. The lowest BCUT2D eigenvalue weighted by Gasteiger charge is -2.14. The van der Waals surface area contributed by atoms with Crippen molar-refractivity contribution >= 4 is 61.3 Å². The van der Waals surface area contributed by atoms with E-state index in [2.05, 4.69) is 25.8 Å². The molecule has 3 heterocycles. The number of H-pyrrole nitrogens is 1. The molecule has 0 bridgehead atoms. The summed E-state index contributed by atoms with van der Waals surface area (Å²) in [6.07, 6.45) is 1.19. The van der Waals surface area contributed by atoms with Crippen LogP contribution in [0.4, 0.5) is 13.9 Å². The molecule has 0 spiro atoms. The first-order valence-corrected chi connectivity index (χ1v) is 12.4. The largest absolute Gasteiger partial charge is 0.358 e. The summed E-state index contributed by atoms with van der Waals surface area (Å²) in [6, 6.07) is 3.51. The number of aromatic amines is 1. The second-order valence-electron chi connectivity index (χ2n) is 7.86. The number of aromatic nitrogens is 4. The van der Waals surface area contributed by atoms with Crippen LogP contribution in [-0.2, 0) is 16.0 Å². The lowest BCUT2D eigenvalue weighted by Crippen LogP contribution is -2.19. The van der Waals surface area contributed by atoms with Crippen molar-refractivity contribution in [2.45, 2.75) is 30.8 Å². The van der Waals surface area contributed by atoms with E-state index in [1.807, 2.05) is 6.92 Å². The van der Waals surface area contributed by atoms with Gasteiger partial charge in [-0.1, -0.05) is 18.3 Å². The number of pyridine rings is 1. The van der Waals surface area contributed by atoms with Crippen LogP contribution < -0.4 is 10.6 Å². The quantitative estimate of drug-likeness (QED) is 0.329. The van der Waals surface area contributed by atoms with Crippen molar-refractivity contribution in [1.29, 1.82) is 0 Å². The van der Waals surface area contributed by atoms with E-state index in [-0.39, 0.29) is 24.0 Å². The minimum absolute atomic E-state index is 0.0770. The summed E-state index contributed by atoms with van der Waals surface area (Å²) >= 11 is 2.29. The number of carbonyl (C=O) groups is 2. The van der Waals surface area contributed by atoms with Gasteiger partial charge in [-0.2, -0.15) is 5.10 Å². The number of rotatable bonds is 7. The van der Waals surface area contributed by atoms with Gasteiger partial charge in [0.15, 0.2) is 5.13 Å². The van der Waals surface area contributed by atoms with Crippen LogP contribution in [0.5, 0.6) is 0 Å². The molecule has 1 aliphatic carbocycles. The third-order valence-corrected chi connectivity index (χ3v) is 7.63. The van der Waals surface area contributed by atoms with Gasteiger partial charge in [0.25, 0.3) is 0 Å². The van der Waals surface area contributed by atoms with E-state index >= 15 is 4.39 Å². The molecule has 12 heteroatoms. The molecule has 1 aliphatic rings. The number of benzene rings is 1. The molecule has 3 aromatic heterocycles. The lowest BCUT2D eigenvalue weighted by atomic mass is 9.97. The van der Waals surface area contributed by atoms with Crippen molar-refractivity contribution < 1.29 is 18.4 Å². The van der Waals surface area contributed by atoms with E-state index in [4.69, 9.17) is 4.98 Å². The maximum absolute atomic E-state index is 15.6. The first-order chi connectivity index (χ1) is 16.4.